The number of nitrogens with one attached hydrogen (secondary N) is 2. The van der Waals surface area contributed by atoms with Crippen molar-refractivity contribution in [3.8, 4) is 0 Å². The van der Waals surface area contributed by atoms with E-state index in [1.165, 1.54) is 0 Å². The highest BCUT2D eigenvalue weighted by Gasteiger charge is 2.17. The van der Waals surface area contributed by atoms with E-state index in [1.807, 2.05) is 13.8 Å². The van der Waals surface area contributed by atoms with Gasteiger partial charge in [0.2, 0.25) is 5.91 Å². The molecule has 1 fully saturated rings. The van der Waals surface area contributed by atoms with E-state index >= 15 is 0 Å². The summed E-state index contributed by atoms with van der Waals surface area (Å²) in [4.78, 5) is 11.3. The first kappa shape index (κ1) is 13.6. The monoisotopic (exact) mass is 246 g/mol. The predicted octanol–water partition coefficient (Wildman–Crippen LogP) is 0.402. The van der Waals surface area contributed by atoms with Crippen LogP contribution in [0.25, 0.3) is 0 Å². The molecule has 0 spiro atoms. The van der Waals surface area contributed by atoms with Gasteiger partial charge in [-0.3, -0.25) is 9.00 Å². The zero-order valence-electron chi connectivity index (χ0n) is 10.1. The van der Waals surface area contributed by atoms with Gasteiger partial charge in [-0.25, -0.2) is 0 Å². The molecule has 1 aliphatic rings. The number of hydrogen-bond acceptors (Lipinski definition) is 3. The van der Waals surface area contributed by atoms with Gasteiger partial charge in [0.15, 0.2) is 0 Å². The molecule has 0 atom stereocenters. The van der Waals surface area contributed by atoms with Crippen LogP contribution in [0.3, 0.4) is 0 Å². The van der Waals surface area contributed by atoms with Gasteiger partial charge in [0, 0.05) is 47.4 Å². The number of amides is 1. The van der Waals surface area contributed by atoms with Crippen molar-refractivity contribution in [1.82, 2.24) is 10.6 Å². The summed E-state index contributed by atoms with van der Waals surface area (Å²) in [5.74, 6) is 1.70. The minimum absolute atomic E-state index is 0.0990. The highest BCUT2D eigenvalue weighted by Crippen LogP contribution is 2.08. The first-order valence-electron chi connectivity index (χ1n) is 5.95. The topological polar surface area (TPSA) is 58.2 Å². The maximum absolute atomic E-state index is 11.3. The molecule has 0 aromatic rings. The van der Waals surface area contributed by atoms with Gasteiger partial charge in [0.25, 0.3) is 0 Å². The molecule has 1 aliphatic heterocycles. The SMILES string of the molecule is CC(C)NC(=O)CCNC1CCS(=O)CC1. The predicted molar refractivity (Wildman–Crippen MR) is 66.8 cm³/mol. The smallest absolute Gasteiger partial charge is 0.221 e. The zero-order chi connectivity index (χ0) is 12.0. The van der Waals surface area contributed by atoms with Gasteiger partial charge in [-0.1, -0.05) is 0 Å². The Morgan fingerprint density at radius 3 is 2.56 bits per heavy atom. The van der Waals surface area contributed by atoms with Crippen molar-refractivity contribution in [2.24, 2.45) is 0 Å². The summed E-state index contributed by atoms with van der Waals surface area (Å²) in [6.45, 7) is 4.64. The Kier molecular flexibility index (Phi) is 5.98. The first-order valence-corrected chi connectivity index (χ1v) is 7.44. The number of carbonyl (C=O) groups is 1. The summed E-state index contributed by atoms with van der Waals surface area (Å²) in [5, 5.41) is 6.21. The quantitative estimate of drug-likeness (QED) is 0.738. The Morgan fingerprint density at radius 2 is 2.00 bits per heavy atom. The van der Waals surface area contributed by atoms with Gasteiger partial charge in [0.05, 0.1) is 0 Å². The standard InChI is InChI=1S/C11H22N2O2S/c1-9(2)13-11(14)3-6-12-10-4-7-16(15)8-5-10/h9-10,12H,3-8H2,1-2H3,(H,13,14). The fourth-order valence-electron chi connectivity index (χ4n) is 1.78. The van der Waals surface area contributed by atoms with Gasteiger partial charge in [-0.15, -0.1) is 0 Å². The van der Waals surface area contributed by atoms with E-state index in [4.69, 9.17) is 0 Å². The van der Waals surface area contributed by atoms with E-state index < -0.39 is 10.8 Å². The molecule has 5 heteroatoms. The van der Waals surface area contributed by atoms with Crippen molar-refractivity contribution >= 4 is 16.7 Å². The van der Waals surface area contributed by atoms with Gasteiger partial charge >= 0.3 is 0 Å². The van der Waals surface area contributed by atoms with Gasteiger partial charge in [-0.05, 0) is 26.7 Å². The molecule has 2 N–H and O–H groups in total. The molecule has 0 unspecified atom stereocenters. The van der Waals surface area contributed by atoms with Crippen LogP contribution in [0.4, 0.5) is 0 Å². The minimum atomic E-state index is -0.602. The lowest BCUT2D eigenvalue weighted by Gasteiger charge is -2.22. The van der Waals surface area contributed by atoms with Crippen LogP contribution in [0.1, 0.15) is 33.1 Å². The van der Waals surface area contributed by atoms with Crippen molar-refractivity contribution in [1.29, 1.82) is 0 Å². The molecular weight excluding hydrogens is 224 g/mol. The van der Waals surface area contributed by atoms with E-state index in [-0.39, 0.29) is 11.9 Å². The van der Waals surface area contributed by atoms with Crippen LogP contribution < -0.4 is 10.6 Å². The van der Waals surface area contributed by atoms with E-state index in [1.54, 1.807) is 0 Å². The van der Waals surface area contributed by atoms with E-state index in [0.717, 1.165) is 30.9 Å². The molecule has 1 rings (SSSR count). The normalized spacial score (nSPS) is 25.7. The van der Waals surface area contributed by atoms with Crippen molar-refractivity contribution in [2.75, 3.05) is 18.1 Å². The van der Waals surface area contributed by atoms with Gasteiger partial charge in [0.1, 0.15) is 0 Å². The number of rotatable bonds is 5. The second kappa shape index (κ2) is 7.01. The zero-order valence-corrected chi connectivity index (χ0v) is 10.9. The van der Waals surface area contributed by atoms with Gasteiger partial charge in [-0.2, -0.15) is 0 Å². The van der Waals surface area contributed by atoms with E-state index in [0.29, 0.717) is 12.5 Å². The third kappa shape index (κ3) is 5.61. The third-order valence-corrected chi connectivity index (χ3v) is 4.00. The molecule has 0 radical (unpaired) electrons. The Labute approximate surface area is 100 Å². The molecule has 1 amide bonds. The lowest BCUT2D eigenvalue weighted by molar-refractivity contribution is -0.121. The average molecular weight is 246 g/mol. The summed E-state index contributed by atoms with van der Waals surface area (Å²) >= 11 is 0. The second-order valence-corrected chi connectivity index (χ2v) is 6.24. The Bertz CT molecular complexity index is 246. The Hall–Kier alpha value is -0.420. The van der Waals surface area contributed by atoms with E-state index in [2.05, 4.69) is 10.6 Å². The maximum atomic E-state index is 11.3. The van der Waals surface area contributed by atoms with Crippen molar-refractivity contribution < 1.29 is 9.00 Å². The molecule has 1 saturated heterocycles. The highest BCUT2D eigenvalue weighted by molar-refractivity contribution is 7.85. The molecule has 0 bridgehead atoms. The molecule has 0 saturated carbocycles. The van der Waals surface area contributed by atoms with Crippen LogP contribution in [0.15, 0.2) is 0 Å². The van der Waals surface area contributed by atoms with Crippen molar-refractivity contribution in [2.45, 2.75) is 45.2 Å². The van der Waals surface area contributed by atoms with Crippen molar-refractivity contribution in [3.63, 3.8) is 0 Å². The number of hydrogen-bond donors (Lipinski definition) is 2. The van der Waals surface area contributed by atoms with Crippen LogP contribution in [0.5, 0.6) is 0 Å². The minimum Gasteiger partial charge on any atom is -0.354 e. The van der Waals surface area contributed by atoms with Crippen LogP contribution in [0, 0.1) is 0 Å². The average Bonchev–Trinajstić information content (AvgIpc) is 2.20. The summed E-state index contributed by atoms with van der Waals surface area (Å²) in [7, 11) is -0.602. The lowest BCUT2D eigenvalue weighted by atomic mass is 10.1. The molecule has 16 heavy (non-hydrogen) atoms. The molecule has 1 heterocycles. The molecule has 0 aliphatic carbocycles. The molecule has 0 aromatic carbocycles. The van der Waals surface area contributed by atoms with E-state index in [9.17, 15) is 9.00 Å². The summed E-state index contributed by atoms with van der Waals surface area (Å²) in [6.07, 6.45) is 2.47. The molecule has 0 aromatic heterocycles. The summed E-state index contributed by atoms with van der Waals surface area (Å²) in [5.41, 5.74) is 0. The van der Waals surface area contributed by atoms with Crippen LogP contribution in [0.2, 0.25) is 0 Å². The highest BCUT2D eigenvalue weighted by atomic mass is 32.2. The summed E-state index contributed by atoms with van der Waals surface area (Å²) in [6, 6.07) is 0.661. The number of carbonyl (C=O) groups excluding carboxylic acids is 1. The molecule has 4 nitrogen and oxygen atoms in total. The molecular formula is C11H22N2O2S. The third-order valence-electron chi connectivity index (χ3n) is 2.62. The first-order chi connectivity index (χ1) is 7.58. The Morgan fingerprint density at radius 1 is 1.38 bits per heavy atom. The Balaban J connectivity index is 2.07. The fraction of sp³-hybridized carbons (Fsp3) is 0.909. The van der Waals surface area contributed by atoms with Crippen molar-refractivity contribution in [3.05, 3.63) is 0 Å². The summed E-state index contributed by atoms with van der Waals surface area (Å²) < 4.78 is 11.1. The van der Waals surface area contributed by atoms with Crippen LogP contribution >= 0.6 is 0 Å². The largest absolute Gasteiger partial charge is 0.354 e. The molecule has 94 valence electrons. The van der Waals surface area contributed by atoms with Gasteiger partial charge < -0.3 is 10.6 Å². The van der Waals surface area contributed by atoms with Crippen LogP contribution in [-0.4, -0.2) is 40.3 Å². The maximum Gasteiger partial charge on any atom is 0.221 e. The fourth-order valence-corrected chi connectivity index (χ4v) is 3.08. The second-order valence-electron chi connectivity index (χ2n) is 4.55. The lowest BCUT2D eigenvalue weighted by Crippen LogP contribution is -2.38. The van der Waals surface area contributed by atoms with Crippen LogP contribution in [-0.2, 0) is 15.6 Å².